The third kappa shape index (κ3) is 6.32. The van der Waals surface area contributed by atoms with Crippen LogP contribution >= 0.6 is 0 Å². The van der Waals surface area contributed by atoms with E-state index in [0.29, 0.717) is 23.6 Å². The van der Waals surface area contributed by atoms with Gasteiger partial charge in [0, 0.05) is 0 Å². The number of anilines is 1. The lowest BCUT2D eigenvalue weighted by molar-refractivity contribution is -0.119. The van der Waals surface area contributed by atoms with Gasteiger partial charge in [0.1, 0.15) is 18.9 Å². The molecule has 3 aromatic rings. The summed E-state index contributed by atoms with van der Waals surface area (Å²) >= 11 is 0. The fourth-order valence-corrected chi connectivity index (χ4v) is 4.80. The molecular formula is C26H27N3O4S. The highest BCUT2D eigenvalue weighted by Gasteiger charge is 2.28. The van der Waals surface area contributed by atoms with Crippen molar-refractivity contribution in [2.24, 2.45) is 5.10 Å². The number of benzene rings is 3. The molecule has 0 fully saturated rings. The number of hydrazone groups is 1. The molecule has 0 aromatic heterocycles. The maximum atomic E-state index is 13.4. The predicted molar refractivity (Wildman–Crippen MR) is 135 cm³/mol. The van der Waals surface area contributed by atoms with Crippen molar-refractivity contribution < 1.29 is 17.9 Å². The molecule has 34 heavy (non-hydrogen) atoms. The zero-order valence-electron chi connectivity index (χ0n) is 19.1. The molecule has 176 valence electrons. The highest BCUT2D eigenvalue weighted by molar-refractivity contribution is 7.92. The van der Waals surface area contributed by atoms with Crippen LogP contribution in [0, 0.1) is 13.8 Å². The van der Waals surface area contributed by atoms with Crippen LogP contribution < -0.4 is 14.5 Å². The largest absolute Gasteiger partial charge is 0.490 e. The number of aryl methyl sites for hydroxylation is 2. The van der Waals surface area contributed by atoms with Crippen molar-refractivity contribution in [2.45, 2.75) is 18.7 Å². The first kappa shape index (κ1) is 24.7. The van der Waals surface area contributed by atoms with Crippen molar-refractivity contribution in [3.05, 3.63) is 102 Å². The van der Waals surface area contributed by atoms with E-state index >= 15 is 0 Å². The van der Waals surface area contributed by atoms with Gasteiger partial charge in [-0.2, -0.15) is 5.10 Å². The van der Waals surface area contributed by atoms with Gasteiger partial charge in [-0.15, -0.1) is 0 Å². The normalized spacial score (nSPS) is 11.2. The Morgan fingerprint density at radius 2 is 1.82 bits per heavy atom. The van der Waals surface area contributed by atoms with Crippen molar-refractivity contribution in [1.29, 1.82) is 0 Å². The fourth-order valence-electron chi connectivity index (χ4n) is 3.29. The summed E-state index contributed by atoms with van der Waals surface area (Å²) in [6, 6.07) is 20.6. The van der Waals surface area contributed by atoms with Gasteiger partial charge in [-0.1, -0.05) is 60.7 Å². The van der Waals surface area contributed by atoms with Gasteiger partial charge in [0.2, 0.25) is 0 Å². The van der Waals surface area contributed by atoms with Crippen LogP contribution in [-0.2, 0) is 14.8 Å². The molecule has 0 heterocycles. The number of ether oxygens (including phenoxy) is 1. The number of sulfonamides is 1. The number of carbonyl (C=O) groups is 1. The van der Waals surface area contributed by atoms with E-state index in [1.807, 2.05) is 26.0 Å². The number of carbonyl (C=O) groups excluding carboxylic acids is 1. The lowest BCUT2D eigenvalue weighted by atomic mass is 10.1. The van der Waals surface area contributed by atoms with Crippen molar-refractivity contribution in [2.75, 3.05) is 17.5 Å². The highest BCUT2D eigenvalue weighted by atomic mass is 32.2. The Balaban J connectivity index is 1.81. The first-order valence-electron chi connectivity index (χ1n) is 10.6. The molecule has 0 saturated heterocycles. The first-order valence-corrected chi connectivity index (χ1v) is 12.1. The predicted octanol–water partition coefficient (Wildman–Crippen LogP) is 4.21. The molecule has 8 heteroatoms. The summed E-state index contributed by atoms with van der Waals surface area (Å²) in [4.78, 5) is 12.8. The molecule has 0 spiro atoms. The number of hydrogen-bond donors (Lipinski definition) is 1. The topological polar surface area (TPSA) is 88.1 Å². The molecular weight excluding hydrogens is 450 g/mol. The van der Waals surface area contributed by atoms with E-state index in [9.17, 15) is 13.2 Å². The SMILES string of the molecule is C=CCOc1cccc(/C=N/NC(=O)CN(c2ccc(C)cc2C)S(=O)(=O)c2ccccc2)c1. The van der Waals surface area contributed by atoms with Crippen LogP contribution in [0.2, 0.25) is 0 Å². The summed E-state index contributed by atoms with van der Waals surface area (Å²) in [6.07, 6.45) is 3.11. The average Bonchev–Trinajstić information content (AvgIpc) is 2.82. The monoisotopic (exact) mass is 477 g/mol. The van der Waals surface area contributed by atoms with E-state index in [0.717, 1.165) is 15.4 Å². The average molecular weight is 478 g/mol. The Morgan fingerprint density at radius 1 is 1.06 bits per heavy atom. The fraction of sp³-hybridized carbons (Fsp3) is 0.154. The Hall–Kier alpha value is -3.91. The highest BCUT2D eigenvalue weighted by Crippen LogP contribution is 2.27. The maximum Gasteiger partial charge on any atom is 0.264 e. The molecule has 1 amide bonds. The van der Waals surface area contributed by atoms with E-state index in [-0.39, 0.29) is 4.90 Å². The number of nitrogens with zero attached hydrogens (tertiary/aromatic N) is 2. The van der Waals surface area contributed by atoms with E-state index in [2.05, 4.69) is 17.1 Å². The minimum Gasteiger partial charge on any atom is -0.490 e. The summed E-state index contributed by atoms with van der Waals surface area (Å²) < 4.78 is 33.4. The van der Waals surface area contributed by atoms with Crippen molar-refractivity contribution in [3.8, 4) is 5.75 Å². The zero-order valence-corrected chi connectivity index (χ0v) is 20.0. The third-order valence-electron chi connectivity index (χ3n) is 4.87. The summed E-state index contributed by atoms with van der Waals surface area (Å²) in [5.41, 5.74) is 5.29. The Morgan fingerprint density at radius 3 is 2.53 bits per heavy atom. The Labute approximate surface area is 200 Å². The van der Waals surface area contributed by atoms with Gasteiger partial charge in [0.05, 0.1) is 16.8 Å². The van der Waals surface area contributed by atoms with E-state index in [1.54, 1.807) is 54.6 Å². The number of rotatable bonds is 10. The molecule has 0 aliphatic heterocycles. The maximum absolute atomic E-state index is 13.4. The number of amides is 1. The Kier molecular flexibility index (Phi) is 8.21. The summed E-state index contributed by atoms with van der Waals surface area (Å²) in [5.74, 6) is 0.0694. The second kappa shape index (κ2) is 11.3. The molecule has 0 aliphatic rings. The van der Waals surface area contributed by atoms with Crippen LogP contribution in [0.4, 0.5) is 5.69 Å². The number of nitrogens with one attached hydrogen (secondary N) is 1. The lowest BCUT2D eigenvalue weighted by Crippen LogP contribution is -2.40. The van der Waals surface area contributed by atoms with Crippen LogP contribution in [0.1, 0.15) is 16.7 Å². The van der Waals surface area contributed by atoms with Crippen LogP contribution in [0.3, 0.4) is 0 Å². The van der Waals surface area contributed by atoms with Crippen molar-refractivity contribution in [3.63, 3.8) is 0 Å². The van der Waals surface area contributed by atoms with Gasteiger partial charge in [0.25, 0.3) is 15.9 Å². The molecule has 0 atom stereocenters. The van der Waals surface area contributed by atoms with Gasteiger partial charge in [-0.05, 0) is 55.3 Å². The van der Waals surface area contributed by atoms with Crippen LogP contribution in [0.25, 0.3) is 0 Å². The van der Waals surface area contributed by atoms with E-state index in [1.165, 1.54) is 18.3 Å². The summed E-state index contributed by atoms with van der Waals surface area (Å²) in [5, 5.41) is 3.98. The first-order chi connectivity index (χ1) is 16.3. The van der Waals surface area contributed by atoms with Gasteiger partial charge in [-0.3, -0.25) is 9.10 Å². The van der Waals surface area contributed by atoms with Crippen molar-refractivity contribution >= 4 is 27.8 Å². The standard InChI is InChI=1S/C26H27N3O4S/c1-4-15-33-23-10-8-9-22(17-23)18-27-28-26(30)19-29(25-14-13-20(2)16-21(25)3)34(31,32)24-11-6-5-7-12-24/h4-14,16-18H,1,15,19H2,2-3H3,(H,28,30)/b27-18+. The van der Waals surface area contributed by atoms with Gasteiger partial charge in [-0.25, -0.2) is 13.8 Å². The third-order valence-corrected chi connectivity index (χ3v) is 6.64. The van der Waals surface area contributed by atoms with Crippen LogP contribution in [0.15, 0.2) is 95.4 Å². The molecule has 1 N–H and O–H groups in total. The summed E-state index contributed by atoms with van der Waals surface area (Å²) in [6.45, 7) is 7.30. The molecule has 0 bridgehead atoms. The van der Waals surface area contributed by atoms with E-state index < -0.39 is 22.5 Å². The smallest absolute Gasteiger partial charge is 0.264 e. The quantitative estimate of drug-likeness (QED) is 0.269. The van der Waals surface area contributed by atoms with Crippen LogP contribution in [-0.4, -0.2) is 33.7 Å². The molecule has 7 nitrogen and oxygen atoms in total. The second-order valence-corrected chi connectivity index (χ2v) is 9.44. The van der Waals surface area contributed by atoms with Crippen LogP contribution in [0.5, 0.6) is 5.75 Å². The van der Waals surface area contributed by atoms with Gasteiger partial charge >= 0.3 is 0 Å². The van der Waals surface area contributed by atoms with E-state index in [4.69, 9.17) is 4.74 Å². The molecule has 3 aromatic carbocycles. The Bertz CT molecular complexity index is 1290. The van der Waals surface area contributed by atoms with Gasteiger partial charge < -0.3 is 4.74 Å². The molecule has 0 unspecified atom stereocenters. The number of hydrogen-bond acceptors (Lipinski definition) is 5. The second-order valence-electron chi connectivity index (χ2n) is 7.58. The molecule has 0 aliphatic carbocycles. The minimum absolute atomic E-state index is 0.0996. The van der Waals surface area contributed by atoms with Gasteiger partial charge in [0.15, 0.2) is 0 Å². The minimum atomic E-state index is -3.98. The molecule has 0 saturated carbocycles. The van der Waals surface area contributed by atoms with Crippen molar-refractivity contribution in [1.82, 2.24) is 5.43 Å². The lowest BCUT2D eigenvalue weighted by Gasteiger charge is -2.25. The summed E-state index contributed by atoms with van der Waals surface area (Å²) in [7, 11) is -3.98. The zero-order chi connectivity index (χ0) is 24.6. The molecule has 3 rings (SSSR count). The molecule has 0 radical (unpaired) electrons.